The number of rotatable bonds is 4. The molecule has 1 aromatic carbocycles. The van der Waals surface area contributed by atoms with Crippen LogP contribution >= 0.6 is 0 Å². The molecule has 1 fully saturated rings. The number of hydrogen-bond acceptors (Lipinski definition) is 6. The first-order valence-corrected chi connectivity index (χ1v) is 10.3. The molecule has 2 rings (SSSR count). The fourth-order valence-corrected chi connectivity index (χ4v) is 3.57. The van der Waals surface area contributed by atoms with Gasteiger partial charge in [0.1, 0.15) is 11.4 Å². The van der Waals surface area contributed by atoms with Crippen molar-refractivity contribution in [1.82, 2.24) is 4.90 Å². The Labute approximate surface area is 167 Å². The number of aliphatic hydroxyl groups is 1. The molecule has 1 saturated heterocycles. The van der Waals surface area contributed by atoms with Gasteiger partial charge in [0.05, 0.1) is 0 Å². The summed E-state index contributed by atoms with van der Waals surface area (Å²) in [6.45, 7) is 5.46. The Morgan fingerprint density at radius 1 is 1.28 bits per heavy atom. The molecule has 0 radical (unpaired) electrons. The van der Waals surface area contributed by atoms with Crippen molar-refractivity contribution in [3.63, 3.8) is 0 Å². The van der Waals surface area contributed by atoms with Crippen molar-refractivity contribution in [2.75, 3.05) is 19.7 Å². The van der Waals surface area contributed by atoms with E-state index in [2.05, 4.69) is 4.18 Å². The predicted molar refractivity (Wildman–Crippen MR) is 97.8 cm³/mol. The average molecular weight is 439 g/mol. The molecular weight excluding hydrogens is 415 g/mol. The molecule has 0 aromatic heterocycles. The third-order valence-electron chi connectivity index (χ3n) is 4.40. The molecule has 0 aliphatic carbocycles. The largest absolute Gasteiger partial charge is 0.534 e. The number of benzene rings is 1. The summed E-state index contributed by atoms with van der Waals surface area (Å²) in [5, 5.41) is 9.76. The lowest BCUT2D eigenvalue weighted by molar-refractivity contribution is -0.0500. The summed E-state index contributed by atoms with van der Waals surface area (Å²) < 4.78 is 69.5. The van der Waals surface area contributed by atoms with Crippen LogP contribution in [0.1, 0.15) is 38.7 Å². The molecule has 1 unspecified atom stereocenters. The monoisotopic (exact) mass is 439 g/mol. The summed E-state index contributed by atoms with van der Waals surface area (Å²) in [5.41, 5.74) is -5.68. The molecule has 0 saturated carbocycles. The SMILES string of the molecule is CC(C)(C)OC(=O)N1CC[C@@H](c2cccc(OS(=O)(=O)C(F)(F)F)c2)C(CO)C1. The molecule has 2 atom stereocenters. The Morgan fingerprint density at radius 2 is 1.93 bits per heavy atom. The lowest BCUT2D eigenvalue weighted by Gasteiger charge is -2.38. The molecule has 164 valence electrons. The number of alkyl halides is 3. The third kappa shape index (κ3) is 5.99. The fraction of sp³-hybridized carbons (Fsp3) is 0.611. The smallest absolute Gasteiger partial charge is 0.444 e. The number of ether oxygens (including phenoxy) is 1. The van der Waals surface area contributed by atoms with E-state index in [9.17, 15) is 31.5 Å². The normalized spacial score (nSPS) is 21.0. The van der Waals surface area contributed by atoms with Crippen LogP contribution in [-0.2, 0) is 14.9 Å². The minimum atomic E-state index is -5.77. The van der Waals surface area contributed by atoms with Gasteiger partial charge < -0.3 is 18.9 Å². The maximum Gasteiger partial charge on any atom is 0.534 e. The number of likely N-dealkylation sites (tertiary alicyclic amines) is 1. The van der Waals surface area contributed by atoms with Crippen LogP contribution in [-0.4, -0.2) is 55.3 Å². The van der Waals surface area contributed by atoms with Crippen molar-refractivity contribution < 1.29 is 40.4 Å². The first kappa shape index (κ1) is 23.3. The van der Waals surface area contributed by atoms with Crippen LogP contribution in [0.15, 0.2) is 24.3 Å². The van der Waals surface area contributed by atoms with Gasteiger partial charge in [0.25, 0.3) is 0 Å². The van der Waals surface area contributed by atoms with Gasteiger partial charge in [-0.3, -0.25) is 0 Å². The quantitative estimate of drug-likeness (QED) is 0.572. The Morgan fingerprint density at radius 3 is 2.48 bits per heavy atom. The molecule has 1 aromatic rings. The van der Waals surface area contributed by atoms with E-state index in [1.54, 1.807) is 26.8 Å². The van der Waals surface area contributed by atoms with Gasteiger partial charge in [0, 0.05) is 25.6 Å². The van der Waals surface area contributed by atoms with Gasteiger partial charge in [0.2, 0.25) is 0 Å². The number of carbonyl (C=O) groups is 1. The second kappa shape index (κ2) is 8.39. The molecule has 0 spiro atoms. The van der Waals surface area contributed by atoms with E-state index in [0.717, 1.165) is 6.07 Å². The molecule has 1 amide bonds. The maximum atomic E-state index is 12.5. The number of hydrogen-bond donors (Lipinski definition) is 1. The van der Waals surface area contributed by atoms with Crippen molar-refractivity contribution in [3.8, 4) is 5.75 Å². The summed E-state index contributed by atoms with van der Waals surface area (Å²) >= 11 is 0. The van der Waals surface area contributed by atoms with Crippen LogP contribution < -0.4 is 4.18 Å². The Kier molecular flexibility index (Phi) is 6.73. The lowest BCUT2D eigenvalue weighted by Crippen LogP contribution is -2.46. The summed E-state index contributed by atoms with van der Waals surface area (Å²) in [7, 11) is -5.77. The van der Waals surface area contributed by atoms with Crippen LogP contribution in [0.4, 0.5) is 18.0 Å². The maximum absolute atomic E-state index is 12.5. The highest BCUT2D eigenvalue weighted by molar-refractivity contribution is 7.88. The van der Waals surface area contributed by atoms with Gasteiger partial charge in [-0.2, -0.15) is 21.6 Å². The van der Waals surface area contributed by atoms with E-state index in [1.807, 2.05) is 0 Å². The second-order valence-corrected chi connectivity index (χ2v) is 9.36. The van der Waals surface area contributed by atoms with Crippen LogP contribution in [0.25, 0.3) is 0 Å². The van der Waals surface area contributed by atoms with Gasteiger partial charge in [-0.1, -0.05) is 12.1 Å². The lowest BCUT2D eigenvalue weighted by atomic mass is 9.81. The molecule has 0 bridgehead atoms. The Hall–Kier alpha value is -2.01. The first-order valence-electron chi connectivity index (χ1n) is 8.93. The third-order valence-corrected chi connectivity index (χ3v) is 5.37. The Bertz CT molecular complexity index is 835. The van der Waals surface area contributed by atoms with Crippen molar-refractivity contribution in [1.29, 1.82) is 0 Å². The molecule has 1 aliphatic rings. The number of nitrogens with zero attached hydrogens (tertiary/aromatic N) is 1. The molecule has 7 nitrogen and oxygen atoms in total. The summed E-state index contributed by atoms with van der Waals surface area (Å²) in [6.07, 6.45) is -0.0947. The highest BCUT2D eigenvalue weighted by Gasteiger charge is 2.48. The standard InChI is InChI=1S/C18H24F3NO6S/c1-17(2,3)27-16(24)22-8-7-15(13(10-22)11-23)12-5-4-6-14(9-12)28-29(25,26)18(19,20)21/h4-6,9,13,15,23H,7-8,10-11H2,1-3H3/t13?,15-/m0/s1. The van der Waals surface area contributed by atoms with Crippen LogP contribution in [0.2, 0.25) is 0 Å². The van der Waals surface area contributed by atoms with Gasteiger partial charge >= 0.3 is 21.7 Å². The molecule has 11 heteroatoms. The van der Waals surface area contributed by atoms with Crippen LogP contribution in [0.5, 0.6) is 5.75 Å². The predicted octanol–water partition coefficient (Wildman–Crippen LogP) is 3.25. The minimum absolute atomic E-state index is 0.196. The molecule has 1 N–H and O–H groups in total. The summed E-state index contributed by atoms with van der Waals surface area (Å²) in [6, 6.07) is 5.31. The van der Waals surface area contributed by atoms with Gasteiger partial charge in [-0.05, 0) is 50.8 Å². The second-order valence-electron chi connectivity index (χ2n) is 7.82. The zero-order valence-electron chi connectivity index (χ0n) is 16.3. The van der Waals surface area contributed by atoms with Crippen molar-refractivity contribution in [2.45, 2.75) is 44.2 Å². The zero-order valence-corrected chi connectivity index (χ0v) is 17.1. The molecule has 1 aliphatic heterocycles. The van der Waals surface area contributed by atoms with Crippen LogP contribution in [0.3, 0.4) is 0 Å². The number of aliphatic hydroxyl groups excluding tert-OH is 1. The van der Waals surface area contributed by atoms with E-state index in [1.165, 1.54) is 17.0 Å². The zero-order chi connectivity index (χ0) is 22.0. The molecule has 29 heavy (non-hydrogen) atoms. The highest BCUT2D eigenvalue weighted by Crippen LogP contribution is 2.36. The number of carbonyl (C=O) groups excluding carboxylic acids is 1. The van der Waals surface area contributed by atoms with Crippen molar-refractivity contribution in [2.24, 2.45) is 5.92 Å². The van der Waals surface area contributed by atoms with Gasteiger partial charge in [0.15, 0.2) is 0 Å². The minimum Gasteiger partial charge on any atom is -0.444 e. The van der Waals surface area contributed by atoms with E-state index in [0.29, 0.717) is 18.5 Å². The number of piperidine rings is 1. The molecular formula is C18H24F3NO6S. The van der Waals surface area contributed by atoms with Crippen LogP contribution in [0, 0.1) is 5.92 Å². The van der Waals surface area contributed by atoms with Gasteiger partial charge in [-0.25, -0.2) is 4.79 Å². The van der Waals surface area contributed by atoms with E-state index in [-0.39, 0.29) is 19.1 Å². The first-order chi connectivity index (χ1) is 13.2. The average Bonchev–Trinajstić information content (AvgIpc) is 2.58. The fourth-order valence-electron chi connectivity index (χ4n) is 3.12. The summed E-state index contributed by atoms with van der Waals surface area (Å²) in [5.74, 6) is -1.16. The molecule has 1 heterocycles. The topological polar surface area (TPSA) is 93.1 Å². The number of halogens is 3. The Balaban J connectivity index is 2.16. The van der Waals surface area contributed by atoms with Gasteiger partial charge in [-0.15, -0.1) is 0 Å². The van der Waals surface area contributed by atoms with Crippen molar-refractivity contribution >= 4 is 16.2 Å². The van der Waals surface area contributed by atoms with E-state index >= 15 is 0 Å². The van der Waals surface area contributed by atoms with Crippen molar-refractivity contribution in [3.05, 3.63) is 29.8 Å². The highest BCUT2D eigenvalue weighted by atomic mass is 32.2. The summed E-state index contributed by atoms with van der Waals surface area (Å²) in [4.78, 5) is 13.7. The van der Waals surface area contributed by atoms with E-state index in [4.69, 9.17) is 4.74 Å². The number of amides is 1. The van der Waals surface area contributed by atoms with E-state index < -0.39 is 39.0 Å².